The molecule has 0 atom stereocenters. The molecule has 0 spiro atoms. The first-order valence-electron chi connectivity index (χ1n) is 5.14. The number of hydrogen-bond donors (Lipinski definition) is 2. The highest BCUT2D eigenvalue weighted by molar-refractivity contribution is 5.92. The molecular weight excluding hydrogens is 249 g/mol. The maximum absolute atomic E-state index is 11.8. The molecule has 0 aliphatic rings. The molecule has 18 heavy (non-hydrogen) atoms. The van der Waals surface area contributed by atoms with E-state index in [-0.39, 0.29) is 6.54 Å². The van der Waals surface area contributed by atoms with Crippen LogP contribution < -0.4 is 11.1 Å². The van der Waals surface area contributed by atoms with E-state index < -0.39 is 25.3 Å². The topological polar surface area (TPSA) is 64.3 Å². The van der Waals surface area contributed by atoms with Crippen molar-refractivity contribution in [1.29, 1.82) is 0 Å². The number of anilines is 1. The number of hydrogen-bond acceptors (Lipinski definition) is 3. The van der Waals surface area contributed by atoms with E-state index >= 15 is 0 Å². The SMILES string of the molecule is NCc1ccccc1NC(=O)COCC(F)(F)F. The summed E-state index contributed by atoms with van der Waals surface area (Å²) < 4.78 is 39.6. The Bertz CT molecular complexity index is 408. The molecule has 1 rings (SSSR count). The summed E-state index contributed by atoms with van der Waals surface area (Å²) in [7, 11) is 0. The highest BCUT2D eigenvalue weighted by Gasteiger charge is 2.27. The lowest BCUT2D eigenvalue weighted by atomic mass is 10.2. The number of nitrogens with two attached hydrogens (primary N) is 1. The van der Waals surface area contributed by atoms with Crippen molar-refractivity contribution < 1.29 is 22.7 Å². The third-order valence-corrected chi connectivity index (χ3v) is 2.01. The average molecular weight is 262 g/mol. The minimum atomic E-state index is -4.44. The van der Waals surface area contributed by atoms with Gasteiger partial charge in [0.2, 0.25) is 5.91 Å². The Labute approximate surface area is 102 Å². The zero-order valence-corrected chi connectivity index (χ0v) is 9.46. The number of halogens is 3. The van der Waals surface area contributed by atoms with Crippen LogP contribution in [0.2, 0.25) is 0 Å². The zero-order chi connectivity index (χ0) is 13.6. The maximum atomic E-state index is 11.8. The van der Waals surface area contributed by atoms with Gasteiger partial charge in [-0.2, -0.15) is 13.2 Å². The molecule has 0 aromatic heterocycles. The number of benzene rings is 1. The standard InChI is InChI=1S/C11H13F3N2O2/c12-11(13,14)7-18-6-10(17)16-9-4-2-1-3-8(9)5-15/h1-4H,5-7,15H2,(H,16,17). The molecule has 7 heteroatoms. The van der Waals surface area contributed by atoms with E-state index in [0.29, 0.717) is 11.3 Å². The number of rotatable bonds is 5. The van der Waals surface area contributed by atoms with Crippen LogP contribution in [0.1, 0.15) is 5.56 Å². The van der Waals surface area contributed by atoms with E-state index in [0.717, 1.165) is 0 Å². The fraction of sp³-hybridized carbons (Fsp3) is 0.364. The van der Waals surface area contributed by atoms with Crippen LogP contribution >= 0.6 is 0 Å². The van der Waals surface area contributed by atoms with Crippen molar-refractivity contribution in [3.8, 4) is 0 Å². The Hall–Kier alpha value is -1.60. The normalized spacial score (nSPS) is 11.3. The van der Waals surface area contributed by atoms with Gasteiger partial charge < -0.3 is 15.8 Å². The van der Waals surface area contributed by atoms with Gasteiger partial charge in [-0.15, -0.1) is 0 Å². The summed E-state index contributed by atoms with van der Waals surface area (Å²) >= 11 is 0. The van der Waals surface area contributed by atoms with Crippen molar-refractivity contribution in [2.75, 3.05) is 18.5 Å². The molecule has 0 saturated heterocycles. The van der Waals surface area contributed by atoms with Crippen LogP contribution in [0.4, 0.5) is 18.9 Å². The van der Waals surface area contributed by atoms with Gasteiger partial charge in [-0.25, -0.2) is 0 Å². The summed E-state index contributed by atoms with van der Waals surface area (Å²) in [6, 6.07) is 6.76. The van der Waals surface area contributed by atoms with Gasteiger partial charge in [-0.3, -0.25) is 4.79 Å². The minimum absolute atomic E-state index is 0.222. The fourth-order valence-electron chi connectivity index (χ4n) is 1.27. The van der Waals surface area contributed by atoms with Gasteiger partial charge in [0.25, 0.3) is 0 Å². The largest absolute Gasteiger partial charge is 0.411 e. The first-order chi connectivity index (χ1) is 8.42. The number of amides is 1. The van der Waals surface area contributed by atoms with Crippen LogP contribution in [0.25, 0.3) is 0 Å². The Morgan fingerprint density at radius 1 is 1.33 bits per heavy atom. The molecule has 1 amide bonds. The highest BCUT2D eigenvalue weighted by atomic mass is 19.4. The predicted molar refractivity (Wildman–Crippen MR) is 59.8 cm³/mol. The monoisotopic (exact) mass is 262 g/mol. The second kappa shape index (κ2) is 6.36. The van der Waals surface area contributed by atoms with E-state index in [1.807, 2.05) is 0 Å². The third-order valence-electron chi connectivity index (χ3n) is 2.01. The van der Waals surface area contributed by atoms with E-state index in [2.05, 4.69) is 10.1 Å². The molecule has 0 heterocycles. The fourth-order valence-corrected chi connectivity index (χ4v) is 1.27. The van der Waals surface area contributed by atoms with E-state index in [1.54, 1.807) is 24.3 Å². The van der Waals surface area contributed by atoms with Gasteiger partial charge in [0, 0.05) is 12.2 Å². The quantitative estimate of drug-likeness (QED) is 0.848. The van der Waals surface area contributed by atoms with Gasteiger partial charge >= 0.3 is 6.18 Å². The van der Waals surface area contributed by atoms with Crippen LogP contribution in [-0.4, -0.2) is 25.3 Å². The molecular formula is C11H13F3N2O2. The van der Waals surface area contributed by atoms with Crippen molar-refractivity contribution in [3.63, 3.8) is 0 Å². The number of carbonyl (C=O) groups is 1. The number of nitrogens with one attached hydrogen (secondary N) is 1. The second-order valence-corrected chi connectivity index (χ2v) is 3.52. The predicted octanol–water partition coefficient (Wildman–Crippen LogP) is 1.66. The summed E-state index contributed by atoms with van der Waals surface area (Å²) in [4.78, 5) is 11.3. The number of carbonyl (C=O) groups excluding carboxylic acids is 1. The molecule has 1 aromatic carbocycles. The molecule has 0 aliphatic carbocycles. The van der Waals surface area contributed by atoms with E-state index in [1.165, 1.54) is 0 Å². The first kappa shape index (κ1) is 14.5. The van der Waals surface area contributed by atoms with E-state index in [9.17, 15) is 18.0 Å². The summed E-state index contributed by atoms with van der Waals surface area (Å²) in [5.41, 5.74) is 6.62. The highest BCUT2D eigenvalue weighted by Crippen LogP contribution is 2.15. The van der Waals surface area contributed by atoms with Crippen molar-refractivity contribution in [1.82, 2.24) is 0 Å². The Balaban J connectivity index is 2.45. The Morgan fingerprint density at radius 2 is 2.00 bits per heavy atom. The molecule has 0 bridgehead atoms. The molecule has 4 nitrogen and oxygen atoms in total. The third kappa shape index (κ3) is 5.15. The number of alkyl halides is 3. The number of ether oxygens (including phenoxy) is 1. The van der Waals surface area contributed by atoms with Crippen molar-refractivity contribution in [2.45, 2.75) is 12.7 Å². The minimum Gasteiger partial charge on any atom is -0.362 e. The molecule has 3 N–H and O–H groups in total. The molecule has 1 aromatic rings. The molecule has 0 fully saturated rings. The first-order valence-corrected chi connectivity index (χ1v) is 5.14. The van der Waals surface area contributed by atoms with Gasteiger partial charge in [0.15, 0.2) is 0 Å². The molecule has 0 saturated carbocycles. The van der Waals surface area contributed by atoms with Gasteiger partial charge in [-0.1, -0.05) is 18.2 Å². The van der Waals surface area contributed by atoms with Gasteiger partial charge in [0.1, 0.15) is 13.2 Å². The summed E-state index contributed by atoms with van der Waals surface area (Å²) in [5, 5.41) is 2.44. The lowest BCUT2D eigenvalue weighted by Crippen LogP contribution is -2.24. The maximum Gasteiger partial charge on any atom is 0.411 e. The van der Waals surface area contributed by atoms with Crippen LogP contribution in [-0.2, 0) is 16.1 Å². The molecule has 0 aliphatic heterocycles. The van der Waals surface area contributed by atoms with Gasteiger partial charge in [-0.05, 0) is 11.6 Å². The zero-order valence-electron chi connectivity index (χ0n) is 9.46. The summed E-state index contributed by atoms with van der Waals surface area (Å²) in [5.74, 6) is -0.653. The Morgan fingerprint density at radius 3 is 2.61 bits per heavy atom. The van der Waals surface area contributed by atoms with Crippen molar-refractivity contribution in [2.24, 2.45) is 5.73 Å². The van der Waals surface area contributed by atoms with E-state index in [4.69, 9.17) is 5.73 Å². The van der Waals surface area contributed by atoms with Crippen LogP contribution in [0.3, 0.4) is 0 Å². The van der Waals surface area contributed by atoms with Crippen molar-refractivity contribution >= 4 is 11.6 Å². The average Bonchev–Trinajstić information content (AvgIpc) is 2.28. The lowest BCUT2D eigenvalue weighted by Gasteiger charge is -2.10. The van der Waals surface area contributed by atoms with Crippen LogP contribution in [0.15, 0.2) is 24.3 Å². The lowest BCUT2D eigenvalue weighted by molar-refractivity contribution is -0.174. The smallest absolute Gasteiger partial charge is 0.362 e. The Kier molecular flexibility index (Phi) is 5.11. The molecule has 100 valence electrons. The second-order valence-electron chi connectivity index (χ2n) is 3.52. The van der Waals surface area contributed by atoms with Crippen LogP contribution in [0, 0.1) is 0 Å². The number of para-hydroxylation sites is 1. The molecule has 0 unspecified atom stereocenters. The molecule has 0 radical (unpaired) electrons. The van der Waals surface area contributed by atoms with Crippen molar-refractivity contribution in [3.05, 3.63) is 29.8 Å². The van der Waals surface area contributed by atoms with Gasteiger partial charge in [0.05, 0.1) is 0 Å². The summed E-state index contributed by atoms with van der Waals surface area (Å²) in [6.45, 7) is -1.88. The summed E-state index contributed by atoms with van der Waals surface area (Å²) in [6.07, 6.45) is -4.44. The van der Waals surface area contributed by atoms with Crippen LogP contribution in [0.5, 0.6) is 0 Å².